The van der Waals surface area contributed by atoms with Crippen molar-refractivity contribution in [2.75, 3.05) is 6.54 Å². The summed E-state index contributed by atoms with van der Waals surface area (Å²) < 4.78 is 4.49. The molecule has 0 aliphatic rings. The van der Waals surface area contributed by atoms with Crippen LogP contribution in [0.3, 0.4) is 0 Å². The van der Waals surface area contributed by atoms with Gasteiger partial charge < -0.3 is 19.9 Å². The summed E-state index contributed by atoms with van der Waals surface area (Å²) >= 11 is 0. The normalized spacial score (nSPS) is 11.8. The largest absolute Gasteiger partial charge is 0.479 e. The maximum Gasteiger partial charge on any atom is 0.335 e. The predicted octanol–water partition coefficient (Wildman–Crippen LogP) is -0.795. The van der Waals surface area contributed by atoms with E-state index in [1.807, 2.05) is 0 Å². The van der Waals surface area contributed by atoms with E-state index in [0.29, 0.717) is 0 Å². The lowest BCUT2D eigenvalue weighted by Gasteiger charge is -2.06. The summed E-state index contributed by atoms with van der Waals surface area (Å²) in [6.07, 6.45) is -0.604. The molecule has 0 bridgehead atoms. The van der Waals surface area contributed by atoms with Crippen LogP contribution in [0.5, 0.6) is 0 Å². The number of rotatable bonds is 5. The maximum atomic E-state index is 11.4. The van der Waals surface area contributed by atoms with Crippen LogP contribution in [0.1, 0.15) is 16.8 Å². The second-order valence-corrected chi connectivity index (χ2v) is 3.24. The Hall–Kier alpha value is -2.15. The van der Waals surface area contributed by atoms with Crippen molar-refractivity contribution in [1.29, 1.82) is 0 Å². The van der Waals surface area contributed by atoms with Gasteiger partial charge in [-0.2, -0.15) is 0 Å². The average molecular weight is 241 g/mol. The van der Waals surface area contributed by atoms with Crippen LogP contribution in [-0.4, -0.2) is 34.7 Å². The third-order valence-electron chi connectivity index (χ3n) is 1.95. The summed E-state index contributed by atoms with van der Waals surface area (Å²) in [4.78, 5) is 32.3. The molecule has 0 aliphatic heterocycles. The lowest BCUT2D eigenvalue weighted by molar-refractivity contribution is -0.146. The molecule has 0 unspecified atom stereocenters. The van der Waals surface area contributed by atoms with Crippen molar-refractivity contribution in [3.63, 3.8) is 0 Å². The quantitative estimate of drug-likeness (QED) is 0.621. The van der Waals surface area contributed by atoms with Crippen LogP contribution in [0.4, 0.5) is 0 Å². The fraction of sp³-hybridized carbons (Fsp3) is 0.300. The molecule has 0 radical (unpaired) electrons. The lowest BCUT2D eigenvalue weighted by Crippen LogP contribution is -2.30. The van der Waals surface area contributed by atoms with Crippen molar-refractivity contribution in [3.8, 4) is 0 Å². The number of aliphatic carboxylic acids is 1. The molecule has 7 nitrogen and oxygen atoms in total. The van der Waals surface area contributed by atoms with E-state index in [4.69, 9.17) is 10.2 Å². The van der Waals surface area contributed by atoms with Gasteiger partial charge in [0.1, 0.15) is 6.26 Å². The van der Waals surface area contributed by atoms with Crippen molar-refractivity contribution in [1.82, 2.24) is 5.32 Å². The Morgan fingerprint density at radius 2 is 2.12 bits per heavy atom. The zero-order valence-electron chi connectivity index (χ0n) is 8.75. The highest BCUT2D eigenvalue weighted by atomic mass is 16.4. The minimum Gasteiger partial charge on any atom is -0.479 e. The first kappa shape index (κ1) is 12.9. The van der Waals surface area contributed by atoms with Gasteiger partial charge in [0.15, 0.2) is 6.10 Å². The minimum absolute atomic E-state index is 0.00538. The number of carboxylic acids is 1. The topological polar surface area (TPSA) is 117 Å². The highest BCUT2D eigenvalue weighted by Crippen LogP contribution is 1.96. The molecule has 0 fully saturated rings. The van der Waals surface area contributed by atoms with E-state index in [9.17, 15) is 14.4 Å². The summed E-state index contributed by atoms with van der Waals surface area (Å²) in [6.45, 7) is 0.00538. The number of hydrogen-bond acceptors (Lipinski definition) is 5. The summed E-state index contributed by atoms with van der Waals surface area (Å²) in [6, 6.07) is 2.38. The third kappa shape index (κ3) is 4.07. The fourth-order valence-electron chi connectivity index (χ4n) is 1.04. The Morgan fingerprint density at radius 3 is 2.65 bits per heavy atom. The molecule has 0 saturated heterocycles. The lowest BCUT2D eigenvalue weighted by atomic mass is 10.2. The number of amides is 1. The molecule has 7 heteroatoms. The smallest absolute Gasteiger partial charge is 0.335 e. The first-order valence-corrected chi connectivity index (χ1v) is 4.78. The zero-order valence-corrected chi connectivity index (χ0v) is 8.75. The maximum absolute atomic E-state index is 11.4. The molecule has 1 aromatic heterocycles. The molecule has 1 amide bonds. The van der Waals surface area contributed by atoms with Gasteiger partial charge in [-0.05, 0) is 6.07 Å². The van der Waals surface area contributed by atoms with E-state index < -0.39 is 23.6 Å². The number of hydrogen-bond donors (Lipinski definition) is 3. The standard InChI is InChI=1S/C10H11NO6/c12-7(10(15)16)3-4-11-9(14)6-1-2-8(13)17-5-6/h1-2,5,7,12H,3-4H2,(H,11,14)(H,15,16)/t7-/m0/s1. The fourth-order valence-corrected chi connectivity index (χ4v) is 1.04. The van der Waals surface area contributed by atoms with Crippen LogP contribution in [-0.2, 0) is 4.79 Å². The number of carboxylic acid groups (broad SMARTS) is 1. The predicted molar refractivity (Wildman–Crippen MR) is 55.6 cm³/mol. The van der Waals surface area contributed by atoms with Crippen LogP contribution in [0, 0.1) is 0 Å². The van der Waals surface area contributed by atoms with Gasteiger partial charge in [0.2, 0.25) is 0 Å². The Balaban J connectivity index is 2.43. The second kappa shape index (κ2) is 5.80. The number of nitrogens with one attached hydrogen (secondary N) is 1. The second-order valence-electron chi connectivity index (χ2n) is 3.24. The molecule has 1 rings (SSSR count). The van der Waals surface area contributed by atoms with Gasteiger partial charge in [-0.1, -0.05) is 0 Å². The van der Waals surface area contributed by atoms with Gasteiger partial charge in [0.25, 0.3) is 5.91 Å². The summed E-state index contributed by atoms with van der Waals surface area (Å²) in [5.74, 6) is -1.85. The monoisotopic (exact) mass is 241 g/mol. The van der Waals surface area contributed by atoms with Crippen molar-refractivity contribution in [3.05, 3.63) is 34.4 Å². The molecule has 1 aromatic rings. The molecule has 1 heterocycles. The number of carbonyl (C=O) groups excluding carboxylic acids is 1. The zero-order chi connectivity index (χ0) is 12.8. The van der Waals surface area contributed by atoms with Crippen molar-refractivity contribution in [2.45, 2.75) is 12.5 Å². The van der Waals surface area contributed by atoms with E-state index in [0.717, 1.165) is 12.3 Å². The molecular weight excluding hydrogens is 230 g/mol. The molecule has 17 heavy (non-hydrogen) atoms. The average Bonchev–Trinajstić information content (AvgIpc) is 2.29. The van der Waals surface area contributed by atoms with Gasteiger partial charge in [-0.25, -0.2) is 9.59 Å². The Labute approximate surface area is 95.7 Å². The van der Waals surface area contributed by atoms with E-state index in [2.05, 4.69) is 9.73 Å². The van der Waals surface area contributed by atoms with E-state index in [1.54, 1.807) is 0 Å². The number of carbonyl (C=O) groups is 2. The highest BCUT2D eigenvalue weighted by molar-refractivity contribution is 5.93. The van der Waals surface area contributed by atoms with E-state index in [-0.39, 0.29) is 18.5 Å². The van der Waals surface area contributed by atoms with Crippen LogP contribution in [0.25, 0.3) is 0 Å². The molecule has 1 atom stereocenters. The van der Waals surface area contributed by atoms with Gasteiger partial charge in [-0.15, -0.1) is 0 Å². The molecule has 0 saturated carbocycles. The first-order valence-electron chi connectivity index (χ1n) is 4.78. The summed E-state index contributed by atoms with van der Waals surface area (Å²) in [5, 5.41) is 19.7. The third-order valence-corrected chi connectivity index (χ3v) is 1.95. The van der Waals surface area contributed by atoms with Gasteiger partial charge >= 0.3 is 11.6 Å². The van der Waals surface area contributed by atoms with E-state index in [1.165, 1.54) is 6.07 Å². The van der Waals surface area contributed by atoms with Crippen LogP contribution in [0.15, 0.2) is 27.6 Å². The molecule has 0 spiro atoms. The Morgan fingerprint density at radius 1 is 1.41 bits per heavy atom. The van der Waals surface area contributed by atoms with Crippen LogP contribution >= 0.6 is 0 Å². The number of aliphatic hydroxyl groups is 1. The summed E-state index contributed by atoms with van der Waals surface area (Å²) in [5.41, 5.74) is -0.419. The number of aliphatic hydroxyl groups excluding tert-OH is 1. The van der Waals surface area contributed by atoms with Crippen LogP contribution < -0.4 is 10.9 Å². The first-order chi connectivity index (χ1) is 8.00. The van der Waals surface area contributed by atoms with Gasteiger partial charge in [-0.3, -0.25) is 4.79 Å². The van der Waals surface area contributed by atoms with Crippen LogP contribution in [0.2, 0.25) is 0 Å². The molecule has 92 valence electrons. The Kier molecular flexibility index (Phi) is 4.41. The molecule has 0 aliphatic carbocycles. The van der Waals surface area contributed by atoms with Gasteiger partial charge in [0, 0.05) is 19.0 Å². The SMILES string of the molecule is O=C(NCC[C@H](O)C(=O)O)c1ccc(=O)oc1. The highest BCUT2D eigenvalue weighted by Gasteiger charge is 2.13. The molecule has 0 aromatic carbocycles. The molecular formula is C10H11NO6. The summed E-state index contributed by atoms with van der Waals surface area (Å²) in [7, 11) is 0. The Bertz CT molecular complexity index is 446. The molecule has 3 N–H and O–H groups in total. The van der Waals surface area contributed by atoms with Gasteiger partial charge in [0.05, 0.1) is 5.56 Å². The van der Waals surface area contributed by atoms with Crippen molar-refractivity contribution >= 4 is 11.9 Å². The van der Waals surface area contributed by atoms with Crippen molar-refractivity contribution < 1.29 is 24.2 Å². The van der Waals surface area contributed by atoms with Crippen molar-refractivity contribution in [2.24, 2.45) is 0 Å². The minimum atomic E-state index is -1.51. The van der Waals surface area contributed by atoms with E-state index >= 15 is 0 Å².